The molecule has 132 valence electrons. The Labute approximate surface area is 145 Å². The first-order valence-corrected chi connectivity index (χ1v) is 8.81. The molecule has 0 unspecified atom stereocenters. The van der Waals surface area contributed by atoms with Gasteiger partial charge in [0, 0.05) is 31.1 Å². The zero-order chi connectivity index (χ0) is 17.9. The number of hydrogen-bond donors (Lipinski definition) is 1. The van der Waals surface area contributed by atoms with E-state index in [2.05, 4.69) is 33.0 Å². The SMILES string of the molecule is Cc1ccc(C(=O)N2CCC(NC(=O)CC(C)(C)C)CC2)cc1C. The first-order valence-electron chi connectivity index (χ1n) is 8.81. The van der Waals surface area contributed by atoms with Crippen molar-refractivity contribution in [1.82, 2.24) is 10.2 Å². The van der Waals surface area contributed by atoms with Gasteiger partial charge < -0.3 is 10.2 Å². The van der Waals surface area contributed by atoms with E-state index in [-0.39, 0.29) is 23.3 Å². The first kappa shape index (κ1) is 18.5. The highest BCUT2D eigenvalue weighted by Crippen LogP contribution is 2.20. The van der Waals surface area contributed by atoms with Crippen LogP contribution in [0.2, 0.25) is 0 Å². The molecule has 4 heteroatoms. The van der Waals surface area contributed by atoms with Crippen LogP contribution >= 0.6 is 0 Å². The van der Waals surface area contributed by atoms with Crippen LogP contribution in [0.15, 0.2) is 18.2 Å². The molecule has 1 heterocycles. The summed E-state index contributed by atoms with van der Waals surface area (Å²) >= 11 is 0. The van der Waals surface area contributed by atoms with Crippen molar-refractivity contribution in [2.24, 2.45) is 5.41 Å². The number of amides is 2. The van der Waals surface area contributed by atoms with Gasteiger partial charge in [0.25, 0.3) is 5.91 Å². The lowest BCUT2D eigenvalue weighted by atomic mass is 9.91. The Morgan fingerprint density at radius 1 is 1.12 bits per heavy atom. The van der Waals surface area contributed by atoms with Gasteiger partial charge in [0.05, 0.1) is 0 Å². The minimum absolute atomic E-state index is 0.00402. The molecule has 0 radical (unpaired) electrons. The minimum atomic E-state index is 0.00402. The van der Waals surface area contributed by atoms with E-state index >= 15 is 0 Å². The van der Waals surface area contributed by atoms with Gasteiger partial charge in [-0.25, -0.2) is 0 Å². The van der Waals surface area contributed by atoms with Crippen molar-refractivity contribution in [2.75, 3.05) is 13.1 Å². The average Bonchev–Trinajstić information content (AvgIpc) is 2.48. The van der Waals surface area contributed by atoms with E-state index < -0.39 is 0 Å². The van der Waals surface area contributed by atoms with Crippen molar-refractivity contribution in [1.29, 1.82) is 0 Å². The number of carbonyl (C=O) groups is 2. The number of nitrogens with one attached hydrogen (secondary N) is 1. The number of hydrogen-bond acceptors (Lipinski definition) is 2. The molecule has 0 bridgehead atoms. The minimum Gasteiger partial charge on any atom is -0.353 e. The highest BCUT2D eigenvalue weighted by molar-refractivity contribution is 5.94. The number of carbonyl (C=O) groups excluding carboxylic acids is 2. The third-order valence-corrected chi connectivity index (χ3v) is 4.59. The van der Waals surface area contributed by atoms with Gasteiger partial charge in [-0.05, 0) is 55.4 Å². The van der Waals surface area contributed by atoms with E-state index in [9.17, 15) is 9.59 Å². The lowest BCUT2D eigenvalue weighted by Crippen LogP contribution is -2.47. The second kappa shape index (κ2) is 7.37. The highest BCUT2D eigenvalue weighted by atomic mass is 16.2. The fraction of sp³-hybridized carbons (Fsp3) is 0.600. The molecular weight excluding hydrogens is 300 g/mol. The summed E-state index contributed by atoms with van der Waals surface area (Å²) in [4.78, 5) is 26.6. The summed E-state index contributed by atoms with van der Waals surface area (Å²) < 4.78 is 0. The van der Waals surface area contributed by atoms with Crippen LogP contribution in [0.3, 0.4) is 0 Å². The van der Waals surface area contributed by atoms with Crippen LogP contribution in [0.4, 0.5) is 0 Å². The molecule has 1 N–H and O–H groups in total. The van der Waals surface area contributed by atoms with Gasteiger partial charge in [0.15, 0.2) is 0 Å². The van der Waals surface area contributed by atoms with E-state index in [0.29, 0.717) is 19.5 Å². The molecule has 24 heavy (non-hydrogen) atoms. The number of aryl methyl sites for hydroxylation is 2. The summed E-state index contributed by atoms with van der Waals surface area (Å²) in [5, 5.41) is 3.11. The topological polar surface area (TPSA) is 49.4 Å². The van der Waals surface area contributed by atoms with Gasteiger partial charge in [-0.2, -0.15) is 0 Å². The van der Waals surface area contributed by atoms with Crippen molar-refractivity contribution in [3.8, 4) is 0 Å². The maximum absolute atomic E-state index is 12.6. The summed E-state index contributed by atoms with van der Waals surface area (Å²) in [6.45, 7) is 11.7. The zero-order valence-electron chi connectivity index (χ0n) is 15.6. The lowest BCUT2D eigenvalue weighted by Gasteiger charge is -2.33. The molecule has 0 spiro atoms. The lowest BCUT2D eigenvalue weighted by molar-refractivity contribution is -0.123. The molecule has 1 aromatic carbocycles. The van der Waals surface area contributed by atoms with E-state index in [4.69, 9.17) is 0 Å². The smallest absolute Gasteiger partial charge is 0.253 e. The van der Waals surface area contributed by atoms with Crippen molar-refractivity contribution >= 4 is 11.8 Å². The second-order valence-electron chi connectivity index (χ2n) is 8.17. The molecule has 1 aromatic rings. The van der Waals surface area contributed by atoms with Crippen LogP contribution in [-0.4, -0.2) is 35.8 Å². The van der Waals surface area contributed by atoms with Crippen LogP contribution in [0, 0.1) is 19.3 Å². The van der Waals surface area contributed by atoms with Gasteiger partial charge in [-0.15, -0.1) is 0 Å². The molecule has 1 saturated heterocycles. The molecule has 0 saturated carbocycles. The van der Waals surface area contributed by atoms with Crippen molar-refractivity contribution in [3.05, 3.63) is 34.9 Å². The van der Waals surface area contributed by atoms with Crippen molar-refractivity contribution < 1.29 is 9.59 Å². The molecule has 1 fully saturated rings. The molecular formula is C20H30N2O2. The number of likely N-dealkylation sites (tertiary alicyclic amines) is 1. The Morgan fingerprint density at radius 2 is 1.75 bits per heavy atom. The number of benzene rings is 1. The summed E-state index contributed by atoms with van der Waals surface area (Å²) in [6, 6.07) is 6.06. The first-order chi connectivity index (χ1) is 11.2. The fourth-order valence-corrected chi connectivity index (χ4v) is 3.04. The van der Waals surface area contributed by atoms with Gasteiger partial charge >= 0.3 is 0 Å². The summed E-state index contributed by atoms with van der Waals surface area (Å²) in [6.07, 6.45) is 2.19. The third kappa shape index (κ3) is 5.08. The molecule has 1 aliphatic rings. The molecule has 2 amide bonds. The number of piperidine rings is 1. The number of rotatable bonds is 3. The largest absolute Gasteiger partial charge is 0.353 e. The molecule has 2 rings (SSSR count). The summed E-state index contributed by atoms with van der Waals surface area (Å²) in [5.41, 5.74) is 3.11. The van der Waals surface area contributed by atoms with Crippen LogP contribution in [0.1, 0.15) is 61.5 Å². The van der Waals surface area contributed by atoms with Crippen LogP contribution < -0.4 is 5.32 Å². The molecule has 0 aromatic heterocycles. The predicted molar refractivity (Wildman–Crippen MR) is 97.1 cm³/mol. The average molecular weight is 330 g/mol. The Bertz CT molecular complexity index is 609. The Balaban J connectivity index is 1.87. The van der Waals surface area contributed by atoms with Crippen molar-refractivity contribution in [2.45, 2.75) is 59.9 Å². The van der Waals surface area contributed by atoms with Gasteiger partial charge in [0.1, 0.15) is 0 Å². The van der Waals surface area contributed by atoms with Gasteiger partial charge in [0.2, 0.25) is 5.91 Å². The van der Waals surface area contributed by atoms with Crippen LogP contribution in [0.5, 0.6) is 0 Å². The third-order valence-electron chi connectivity index (χ3n) is 4.59. The summed E-state index contributed by atoms with van der Waals surface area (Å²) in [5.74, 6) is 0.207. The normalized spacial score (nSPS) is 16.1. The molecule has 0 atom stereocenters. The number of nitrogens with zero attached hydrogens (tertiary/aromatic N) is 1. The Kier molecular flexibility index (Phi) is 5.68. The Morgan fingerprint density at radius 3 is 2.29 bits per heavy atom. The van der Waals surface area contributed by atoms with Crippen LogP contribution in [-0.2, 0) is 4.79 Å². The standard InChI is InChI=1S/C20H30N2O2/c1-14-6-7-16(12-15(14)2)19(24)22-10-8-17(9-11-22)21-18(23)13-20(3,4)5/h6-7,12,17H,8-11,13H2,1-5H3,(H,21,23). The maximum Gasteiger partial charge on any atom is 0.253 e. The Hall–Kier alpha value is -1.84. The predicted octanol–water partition coefficient (Wildman–Crippen LogP) is 3.46. The van der Waals surface area contributed by atoms with E-state index in [0.717, 1.165) is 24.0 Å². The fourth-order valence-electron chi connectivity index (χ4n) is 3.04. The zero-order valence-corrected chi connectivity index (χ0v) is 15.6. The van der Waals surface area contributed by atoms with Crippen LogP contribution in [0.25, 0.3) is 0 Å². The quantitative estimate of drug-likeness (QED) is 0.922. The molecule has 0 aliphatic carbocycles. The molecule has 1 aliphatic heterocycles. The van der Waals surface area contributed by atoms with Gasteiger partial charge in [-0.1, -0.05) is 26.8 Å². The van der Waals surface area contributed by atoms with Gasteiger partial charge in [-0.3, -0.25) is 9.59 Å². The summed E-state index contributed by atoms with van der Waals surface area (Å²) in [7, 11) is 0. The molecule has 4 nitrogen and oxygen atoms in total. The van der Waals surface area contributed by atoms with E-state index in [1.807, 2.05) is 30.0 Å². The maximum atomic E-state index is 12.6. The monoisotopic (exact) mass is 330 g/mol. The van der Waals surface area contributed by atoms with Crippen molar-refractivity contribution in [3.63, 3.8) is 0 Å². The highest BCUT2D eigenvalue weighted by Gasteiger charge is 2.25. The second-order valence-corrected chi connectivity index (χ2v) is 8.17. The van der Waals surface area contributed by atoms with E-state index in [1.54, 1.807) is 0 Å². The van der Waals surface area contributed by atoms with E-state index in [1.165, 1.54) is 5.56 Å².